The van der Waals surface area contributed by atoms with E-state index in [1.165, 1.54) is 28.4 Å². The number of rotatable bonds is 1. The van der Waals surface area contributed by atoms with Gasteiger partial charge in [0.25, 0.3) is 5.56 Å². The Morgan fingerprint density at radius 2 is 2.06 bits per heavy atom. The summed E-state index contributed by atoms with van der Waals surface area (Å²) in [6.45, 7) is 1.72. The zero-order valence-corrected chi connectivity index (χ0v) is 10.9. The lowest BCUT2D eigenvalue weighted by Crippen LogP contribution is -2.23. The normalized spacial score (nSPS) is 13.7. The van der Waals surface area contributed by atoms with Crippen molar-refractivity contribution >= 4 is 11.6 Å². The molecule has 0 radical (unpaired) electrons. The fourth-order valence-corrected chi connectivity index (χ4v) is 2.52. The van der Waals surface area contributed by atoms with Gasteiger partial charge in [0.05, 0.1) is 16.9 Å². The van der Waals surface area contributed by atoms with Crippen LogP contribution in [-0.2, 0) is 12.8 Å². The van der Waals surface area contributed by atoms with Gasteiger partial charge in [0.2, 0.25) is 0 Å². The van der Waals surface area contributed by atoms with E-state index in [1.54, 1.807) is 6.92 Å². The highest BCUT2D eigenvalue weighted by Gasteiger charge is 2.13. The molecule has 0 atom stereocenters. The summed E-state index contributed by atoms with van der Waals surface area (Å²) in [5.74, 6) is 0. The molecule has 0 saturated heterocycles. The van der Waals surface area contributed by atoms with Crippen LogP contribution in [-0.4, -0.2) is 9.78 Å². The van der Waals surface area contributed by atoms with Gasteiger partial charge in [0.1, 0.15) is 0 Å². The van der Waals surface area contributed by atoms with Crippen LogP contribution in [0.4, 0.5) is 0 Å². The van der Waals surface area contributed by atoms with Crippen LogP contribution in [0.25, 0.3) is 5.69 Å². The highest BCUT2D eigenvalue weighted by atomic mass is 35.5. The number of hydrogen-bond acceptors (Lipinski definition) is 2. The Labute approximate surface area is 110 Å². The number of aryl methyl sites for hydroxylation is 2. The Kier molecular flexibility index (Phi) is 2.71. The van der Waals surface area contributed by atoms with Crippen LogP contribution in [0.1, 0.15) is 23.1 Å². The smallest absolute Gasteiger partial charge is 0.267 e. The maximum atomic E-state index is 12.1. The van der Waals surface area contributed by atoms with Gasteiger partial charge in [-0.05, 0) is 49.4 Å². The first-order valence-electron chi connectivity index (χ1n) is 6.03. The van der Waals surface area contributed by atoms with Crippen LogP contribution in [0.15, 0.2) is 29.2 Å². The lowest BCUT2D eigenvalue weighted by molar-refractivity contribution is 0.795. The number of halogens is 1. The SMILES string of the molecule is Cc1c(Cl)cnn(-c2ccc3c(c2)CCC3)c1=O. The molecule has 1 aromatic carbocycles. The predicted molar refractivity (Wildman–Crippen MR) is 71.6 cm³/mol. The van der Waals surface area contributed by atoms with Crippen molar-refractivity contribution in [2.45, 2.75) is 26.2 Å². The number of hydrogen-bond donors (Lipinski definition) is 0. The third kappa shape index (κ3) is 1.75. The molecule has 1 heterocycles. The Hall–Kier alpha value is -1.61. The van der Waals surface area contributed by atoms with Gasteiger partial charge in [-0.1, -0.05) is 17.7 Å². The molecule has 3 rings (SSSR count). The first-order valence-corrected chi connectivity index (χ1v) is 6.41. The van der Waals surface area contributed by atoms with Gasteiger partial charge in [0.15, 0.2) is 0 Å². The van der Waals surface area contributed by atoms with Gasteiger partial charge in [-0.2, -0.15) is 9.78 Å². The summed E-state index contributed by atoms with van der Waals surface area (Å²) in [7, 11) is 0. The van der Waals surface area contributed by atoms with Crippen LogP contribution >= 0.6 is 11.6 Å². The lowest BCUT2D eigenvalue weighted by atomic mass is 10.1. The van der Waals surface area contributed by atoms with E-state index >= 15 is 0 Å². The Morgan fingerprint density at radius 3 is 2.89 bits per heavy atom. The van der Waals surface area contributed by atoms with Crippen molar-refractivity contribution in [2.75, 3.05) is 0 Å². The van der Waals surface area contributed by atoms with Crippen molar-refractivity contribution in [2.24, 2.45) is 0 Å². The van der Waals surface area contributed by atoms with Crippen molar-refractivity contribution in [1.29, 1.82) is 0 Å². The molecule has 0 amide bonds. The Morgan fingerprint density at radius 1 is 1.28 bits per heavy atom. The van der Waals surface area contributed by atoms with Crippen molar-refractivity contribution in [3.05, 3.63) is 56.5 Å². The molecule has 0 spiro atoms. The van der Waals surface area contributed by atoms with Crippen molar-refractivity contribution in [3.63, 3.8) is 0 Å². The molecule has 1 aromatic heterocycles. The number of benzene rings is 1. The minimum atomic E-state index is -0.152. The maximum Gasteiger partial charge on any atom is 0.275 e. The second kappa shape index (κ2) is 4.25. The fourth-order valence-electron chi connectivity index (χ4n) is 2.39. The topological polar surface area (TPSA) is 34.9 Å². The lowest BCUT2D eigenvalue weighted by Gasteiger charge is -2.08. The van der Waals surface area contributed by atoms with Crippen LogP contribution < -0.4 is 5.56 Å². The number of aromatic nitrogens is 2. The summed E-state index contributed by atoms with van der Waals surface area (Å²) in [5.41, 5.74) is 3.92. The van der Waals surface area contributed by atoms with E-state index in [-0.39, 0.29) is 5.56 Å². The molecule has 1 aliphatic rings. The van der Waals surface area contributed by atoms with Crippen molar-refractivity contribution in [3.8, 4) is 5.69 Å². The second-order valence-corrected chi connectivity index (χ2v) is 5.05. The second-order valence-electron chi connectivity index (χ2n) is 4.64. The van der Waals surface area contributed by atoms with E-state index in [4.69, 9.17) is 11.6 Å². The summed E-state index contributed by atoms with van der Waals surface area (Å²) >= 11 is 5.89. The highest BCUT2D eigenvalue weighted by Crippen LogP contribution is 2.23. The highest BCUT2D eigenvalue weighted by molar-refractivity contribution is 6.31. The molecular formula is C14H13ClN2O. The average Bonchev–Trinajstić information content (AvgIpc) is 2.83. The van der Waals surface area contributed by atoms with E-state index in [0.29, 0.717) is 10.6 Å². The van der Waals surface area contributed by atoms with Gasteiger partial charge in [-0.3, -0.25) is 4.79 Å². The van der Waals surface area contributed by atoms with E-state index in [9.17, 15) is 4.79 Å². The zero-order chi connectivity index (χ0) is 12.7. The van der Waals surface area contributed by atoms with E-state index < -0.39 is 0 Å². The van der Waals surface area contributed by atoms with E-state index in [0.717, 1.165) is 18.5 Å². The summed E-state index contributed by atoms with van der Waals surface area (Å²) in [5, 5.41) is 4.52. The molecule has 0 bridgehead atoms. The molecule has 0 N–H and O–H groups in total. The van der Waals surface area contributed by atoms with E-state index in [1.807, 2.05) is 6.07 Å². The number of nitrogens with zero attached hydrogens (tertiary/aromatic N) is 2. The molecule has 1 aliphatic carbocycles. The minimum absolute atomic E-state index is 0.152. The number of fused-ring (bicyclic) bond motifs is 1. The molecule has 2 aromatic rings. The summed E-state index contributed by atoms with van der Waals surface area (Å²) < 4.78 is 1.42. The van der Waals surface area contributed by atoms with Crippen LogP contribution in [0.5, 0.6) is 0 Å². The molecule has 0 unspecified atom stereocenters. The van der Waals surface area contributed by atoms with E-state index in [2.05, 4.69) is 17.2 Å². The predicted octanol–water partition coefficient (Wildman–Crippen LogP) is 2.68. The molecule has 92 valence electrons. The van der Waals surface area contributed by atoms with Gasteiger partial charge in [-0.15, -0.1) is 0 Å². The molecule has 0 fully saturated rings. The van der Waals surface area contributed by atoms with Crippen molar-refractivity contribution in [1.82, 2.24) is 9.78 Å². The monoisotopic (exact) mass is 260 g/mol. The summed E-state index contributed by atoms with van der Waals surface area (Å²) in [6.07, 6.45) is 4.94. The van der Waals surface area contributed by atoms with Crippen LogP contribution in [0.2, 0.25) is 5.02 Å². The van der Waals surface area contributed by atoms with Crippen LogP contribution in [0.3, 0.4) is 0 Å². The quantitative estimate of drug-likeness (QED) is 0.790. The van der Waals surface area contributed by atoms with Gasteiger partial charge < -0.3 is 0 Å². The fraction of sp³-hybridized carbons (Fsp3) is 0.286. The molecule has 3 nitrogen and oxygen atoms in total. The molecule has 18 heavy (non-hydrogen) atoms. The molecule has 4 heteroatoms. The summed E-state index contributed by atoms with van der Waals surface area (Å²) in [6, 6.07) is 6.10. The Balaban J connectivity index is 2.16. The maximum absolute atomic E-state index is 12.1. The minimum Gasteiger partial charge on any atom is -0.267 e. The zero-order valence-electron chi connectivity index (χ0n) is 10.1. The Bertz CT molecular complexity index is 676. The third-order valence-corrected chi connectivity index (χ3v) is 3.87. The first kappa shape index (κ1) is 11.5. The van der Waals surface area contributed by atoms with Crippen LogP contribution in [0, 0.1) is 6.92 Å². The van der Waals surface area contributed by atoms with Crippen molar-refractivity contribution < 1.29 is 0 Å². The largest absolute Gasteiger partial charge is 0.275 e. The van der Waals surface area contributed by atoms with Gasteiger partial charge >= 0.3 is 0 Å². The van der Waals surface area contributed by atoms with Gasteiger partial charge in [-0.25, -0.2) is 0 Å². The third-order valence-electron chi connectivity index (χ3n) is 3.48. The molecular weight excluding hydrogens is 248 g/mol. The molecule has 0 aliphatic heterocycles. The molecule has 0 saturated carbocycles. The van der Waals surface area contributed by atoms with Gasteiger partial charge in [0, 0.05) is 5.56 Å². The first-order chi connectivity index (χ1) is 8.66. The average molecular weight is 261 g/mol. The summed E-state index contributed by atoms with van der Waals surface area (Å²) in [4.78, 5) is 12.1. The standard InChI is InChI=1S/C14H13ClN2O/c1-9-13(15)8-16-17(14(9)18)12-6-5-10-3-2-4-11(10)7-12/h5-8H,2-4H2,1H3.